The van der Waals surface area contributed by atoms with E-state index in [2.05, 4.69) is 15.8 Å². The Morgan fingerprint density at radius 2 is 1.35 bits per heavy atom. The molecule has 16 heteroatoms. The lowest BCUT2D eigenvalue weighted by atomic mass is 9.77. The number of nitrogens with one attached hydrogen (secondary N) is 2. The molecule has 0 spiro atoms. The Balaban J connectivity index is 1.07. The Kier molecular flexibility index (Phi) is 13.7. The van der Waals surface area contributed by atoms with E-state index in [-0.39, 0.29) is 29.5 Å². The fraction of sp³-hybridized carbons (Fsp3) is 0.184. The minimum atomic E-state index is -1.33. The quantitative estimate of drug-likeness (QED) is 0.0323. The van der Waals surface area contributed by atoms with Gasteiger partial charge in [0.2, 0.25) is 0 Å². The Morgan fingerprint density at radius 1 is 0.831 bits per heavy atom. The van der Waals surface area contributed by atoms with Crippen molar-refractivity contribution >= 4 is 57.8 Å². The van der Waals surface area contributed by atoms with Gasteiger partial charge >= 0.3 is 12.1 Å². The minimum Gasteiger partial charge on any atom is -0.448 e. The van der Waals surface area contributed by atoms with Gasteiger partial charge in [-0.05, 0) is 27.8 Å². The maximum Gasteiger partial charge on any atom is 0.409 e. The molecular weight excluding hydrogens is 868 g/mol. The van der Waals surface area contributed by atoms with Crippen LogP contribution in [0.4, 0.5) is 14.3 Å². The van der Waals surface area contributed by atoms with Crippen LogP contribution in [-0.2, 0) is 34.2 Å². The number of carbonyl (C=O) groups excluding carboxylic acids is 4. The normalized spacial score (nSPS) is 16.0. The average molecular weight is 911 g/mol. The molecule has 8 rings (SSSR count). The van der Waals surface area contributed by atoms with E-state index in [0.29, 0.717) is 21.8 Å². The molecule has 3 amide bonds. The zero-order chi connectivity index (χ0) is 45.3. The second-order valence-electron chi connectivity index (χ2n) is 15.1. The summed E-state index contributed by atoms with van der Waals surface area (Å²) in [7, 11) is 3.06. The SMILES string of the molecule is CN(C)C(=O)OCC1=C(C(=O)OC(c2ccccc2)c2ccccc2)N2C(=O)[C@@H](NC(=O)/C(=N\OCF)c3csc(NC(c4ccccc4)(c4ccccc4)c4ccccc4)n3)[C@H]2SC1. The number of rotatable bonds is 16. The highest BCUT2D eigenvalue weighted by Crippen LogP contribution is 2.43. The van der Waals surface area contributed by atoms with Crippen molar-refractivity contribution in [1.82, 2.24) is 20.1 Å². The molecule has 0 saturated carbocycles. The largest absolute Gasteiger partial charge is 0.448 e. The van der Waals surface area contributed by atoms with Gasteiger partial charge in [-0.3, -0.25) is 14.5 Å². The highest BCUT2D eigenvalue weighted by molar-refractivity contribution is 8.00. The van der Waals surface area contributed by atoms with E-state index in [1.165, 1.54) is 47.0 Å². The van der Waals surface area contributed by atoms with E-state index < -0.39 is 53.8 Å². The van der Waals surface area contributed by atoms with Gasteiger partial charge in [0.25, 0.3) is 18.7 Å². The van der Waals surface area contributed by atoms with Crippen LogP contribution >= 0.6 is 23.1 Å². The van der Waals surface area contributed by atoms with Gasteiger partial charge in [0.05, 0.1) is 0 Å². The summed E-state index contributed by atoms with van der Waals surface area (Å²) in [5, 5.41) is 11.4. The summed E-state index contributed by atoms with van der Waals surface area (Å²) in [4.78, 5) is 67.3. The maximum atomic E-state index is 14.4. The summed E-state index contributed by atoms with van der Waals surface area (Å²) in [6, 6.07) is 46.8. The van der Waals surface area contributed by atoms with E-state index in [1.807, 2.05) is 152 Å². The molecule has 0 aliphatic carbocycles. The van der Waals surface area contributed by atoms with Crippen molar-refractivity contribution in [3.05, 3.63) is 202 Å². The lowest BCUT2D eigenvalue weighted by molar-refractivity contribution is -0.154. The lowest BCUT2D eigenvalue weighted by Crippen LogP contribution is -2.71. The summed E-state index contributed by atoms with van der Waals surface area (Å²) in [6.07, 6.45) is -1.48. The van der Waals surface area contributed by atoms with Crippen LogP contribution in [0.5, 0.6) is 0 Å². The molecule has 2 aliphatic heterocycles. The van der Waals surface area contributed by atoms with Crippen molar-refractivity contribution in [3.8, 4) is 0 Å². The molecule has 1 saturated heterocycles. The number of fused-ring (bicyclic) bond motifs is 1. The standard InChI is InChI=1S/C49H43FN6O7S2/c1-55(2)48(60)61-28-34-29-64-45-40(44(58)56(45)41(34)46(59)63-42(32-18-8-3-9-19-32)33-20-10-4-11-21-33)52-43(57)39(54-62-31-50)38-30-65-47(51-38)53-49(35-22-12-5-13-23-35,36-24-14-6-15-25-36)37-26-16-7-17-27-37/h3-27,30,40,42,45H,28-29,31H2,1-2H3,(H,51,53)(H,52,57)/b54-39-/t40-,45-/m1/s1. The van der Waals surface area contributed by atoms with Gasteiger partial charge in [-0.2, -0.15) is 0 Å². The molecule has 330 valence electrons. The smallest absolute Gasteiger partial charge is 0.409 e. The van der Waals surface area contributed by atoms with Gasteiger partial charge in [0.15, 0.2) is 16.9 Å². The number of nitrogens with zero attached hydrogens (tertiary/aromatic N) is 4. The first-order valence-electron chi connectivity index (χ1n) is 20.5. The number of ether oxygens (including phenoxy) is 2. The number of anilines is 1. The second kappa shape index (κ2) is 20.0. The fourth-order valence-electron chi connectivity index (χ4n) is 7.69. The third-order valence-electron chi connectivity index (χ3n) is 10.8. The van der Waals surface area contributed by atoms with Crippen LogP contribution in [0.1, 0.15) is 39.6 Å². The molecule has 3 heterocycles. The first-order chi connectivity index (χ1) is 31.7. The van der Waals surface area contributed by atoms with Gasteiger partial charge in [0, 0.05) is 30.8 Å². The first-order valence-corrected chi connectivity index (χ1v) is 22.4. The number of amides is 3. The number of esters is 1. The number of β-lactam (4-membered cyclic amide) rings is 1. The highest BCUT2D eigenvalue weighted by Gasteiger charge is 2.55. The Morgan fingerprint density at radius 3 is 1.86 bits per heavy atom. The van der Waals surface area contributed by atoms with Gasteiger partial charge < -0.3 is 29.8 Å². The summed E-state index contributed by atoms with van der Waals surface area (Å²) < 4.78 is 25.2. The number of hydrogen-bond donors (Lipinski definition) is 2. The molecule has 5 aromatic carbocycles. The molecule has 0 bridgehead atoms. The topological polar surface area (TPSA) is 152 Å². The molecule has 2 atom stereocenters. The molecule has 6 aromatic rings. The van der Waals surface area contributed by atoms with Crippen LogP contribution in [0.3, 0.4) is 0 Å². The average Bonchev–Trinajstić information content (AvgIpc) is 3.82. The van der Waals surface area contributed by atoms with Crippen LogP contribution in [0.15, 0.2) is 173 Å². The lowest BCUT2D eigenvalue weighted by Gasteiger charge is -2.49. The number of benzene rings is 5. The number of thiazole rings is 1. The molecule has 0 unspecified atom stereocenters. The number of aromatic nitrogens is 1. The molecular formula is C49H43FN6O7S2. The van der Waals surface area contributed by atoms with Crippen LogP contribution in [0, 0.1) is 0 Å². The third-order valence-corrected chi connectivity index (χ3v) is 12.9. The zero-order valence-electron chi connectivity index (χ0n) is 35.2. The van der Waals surface area contributed by atoms with Crippen LogP contribution < -0.4 is 10.6 Å². The molecule has 2 aliphatic rings. The van der Waals surface area contributed by atoms with Crippen molar-refractivity contribution in [2.75, 3.05) is 38.6 Å². The number of hydrogen-bond acceptors (Lipinski definition) is 12. The number of oxime groups is 1. The van der Waals surface area contributed by atoms with E-state index in [1.54, 1.807) is 5.38 Å². The Hall–Kier alpha value is -7.30. The Bertz CT molecular complexity index is 2550. The van der Waals surface area contributed by atoms with Crippen LogP contribution in [-0.4, -0.2) is 89.1 Å². The predicted octanol–water partition coefficient (Wildman–Crippen LogP) is 7.88. The van der Waals surface area contributed by atoms with Crippen LogP contribution in [0.25, 0.3) is 0 Å². The summed E-state index contributed by atoms with van der Waals surface area (Å²) in [5.41, 5.74) is 3.18. The number of carbonyl (C=O) groups is 4. The molecule has 2 N–H and O–H groups in total. The van der Waals surface area contributed by atoms with Crippen molar-refractivity contribution in [2.45, 2.75) is 23.1 Å². The van der Waals surface area contributed by atoms with Crippen LogP contribution in [0.2, 0.25) is 0 Å². The van der Waals surface area contributed by atoms with E-state index in [4.69, 9.17) is 19.3 Å². The van der Waals surface area contributed by atoms with Gasteiger partial charge in [-0.1, -0.05) is 157 Å². The Labute approximate surface area is 382 Å². The van der Waals surface area contributed by atoms with Crippen molar-refractivity contribution in [3.63, 3.8) is 0 Å². The van der Waals surface area contributed by atoms with Crippen molar-refractivity contribution in [1.29, 1.82) is 0 Å². The fourth-order valence-corrected chi connectivity index (χ4v) is 9.77. The molecule has 1 fully saturated rings. The molecule has 0 radical (unpaired) electrons. The van der Waals surface area contributed by atoms with E-state index >= 15 is 0 Å². The van der Waals surface area contributed by atoms with Gasteiger partial charge in [-0.25, -0.2) is 19.0 Å². The van der Waals surface area contributed by atoms with Gasteiger partial charge in [-0.15, -0.1) is 23.1 Å². The maximum absolute atomic E-state index is 14.4. The summed E-state index contributed by atoms with van der Waals surface area (Å²) in [5.74, 6) is -2.14. The first kappa shape index (κ1) is 44.3. The molecule has 13 nitrogen and oxygen atoms in total. The highest BCUT2D eigenvalue weighted by atomic mass is 32.2. The predicted molar refractivity (Wildman–Crippen MR) is 246 cm³/mol. The number of thioether (sulfide) groups is 1. The summed E-state index contributed by atoms with van der Waals surface area (Å²) in [6.45, 7) is -1.62. The number of alkyl halides is 1. The zero-order valence-corrected chi connectivity index (χ0v) is 36.8. The number of halogens is 1. The van der Waals surface area contributed by atoms with Gasteiger partial charge in [0.1, 0.15) is 35.0 Å². The van der Waals surface area contributed by atoms with Crippen molar-refractivity contribution in [2.24, 2.45) is 5.16 Å². The molecule has 1 aromatic heterocycles. The van der Waals surface area contributed by atoms with Crippen molar-refractivity contribution < 1.29 is 37.9 Å². The summed E-state index contributed by atoms with van der Waals surface area (Å²) >= 11 is 2.46. The second-order valence-corrected chi connectivity index (χ2v) is 17.0. The minimum absolute atomic E-state index is 0.0634. The monoisotopic (exact) mass is 910 g/mol. The van der Waals surface area contributed by atoms with E-state index in [9.17, 15) is 23.6 Å². The van der Waals surface area contributed by atoms with E-state index in [0.717, 1.165) is 16.7 Å². The molecule has 65 heavy (non-hydrogen) atoms. The third kappa shape index (κ3) is 9.35.